The Balaban J connectivity index is 2.23. The van der Waals surface area contributed by atoms with Crippen molar-refractivity contribution in [1.82, 2.24) is 4.57 Å². The lowest BCUT2D eigenvalue weighted by molar-refractivity contribution is 0.0685. The normalized spacial score (nSPS) is 10.3. The highest BCUT2D eigenvalue weighted by atomic mass is 16.4. The van der Waals surface area contributed by atoms with E-state index in [0.29, 0.717) is 12.2 Å². The van der Waals surface area contributed by atoms with Gasteiger partial charge in [-0.05, 0) is 24.6 Å². The predicted molar refractivity (Wildman–Crippen MR) is 61.7 cm³/mol. The van der Waals surface area contributed by atoms with E-state index in [1.54, 1.807) is 22.9 Å². The zero-order chi connectivity index (χ0) is 11.5. The quantitative estimate of drug-likeness (QED) is 0.854. The second-order valence-corrected chi connectivity index (χ2v) is 3.81. The SMILES string of the molecule is Cc1ccc(Cn2cccc2C(=O)O)cc1. The molecule has 1 N–H and O–H groups in total. The van der Waals surface area contributed by atoms with Gasteiger partial charge in [-0.2, -0.15) is 0 Å². The third kappa shape index (κ3) is 2.14. The highest BCUT2D eigenvalue weighted by molar-refractivity contribution is 5.85. The highest BCUT2D eigenvalue weighted by Crippen LogP contribution is 2.09. The number of carboxylic acids is 1. The minimum absolute atomic E-state index is 0.320. The summed E-state index contributed by atoms with van der Waals surface area (Å²) in [6.45, 7) is 2.62. The van der Waals surface area contributed by atoms with Gasteiger partial charge in [0, 0.05) is 12.7 Å². The van der Waals surface area contributed by atoms with Crippen LogP contribution >= 0.6 is 0 Å². The standard InChI is InChI=1S/C13H13NO2/c1-10-4-6-11(7-5-10)9-14-8-2-3-12(14)13(15)16/h2-8H,9H2,1H3,(H,15,16). The molecule has 0 bridgehead atoms. The van der Waals surface area contributed by atoms with Crippen LogP contribution in [-0.4, -0.2) is 15.6 Å². The molecule has 0 spiro atoms. The van der Waals surface area contributed by atoms with Crippen LogP contribution in [-0.2, 0) is 6.54 Å². The van der Waals surface area contributed by atoms with Crippen molar-refractivity contribution in [3.05, 3.63) is 59.4 Å². The molecule has 0 saturated heterocycles. The van der Waals surface area contributed by atoms with E-state index >= 15 is 0 Å². The zero-order valence-corrected chi connectivity index (χ0v) is 9.05. The molecule has 3 heteroatoms. The number of carbonyl (C=O) groups is 1. The number of benzene rings is 1. The summed E-state index contributed by atoms with van der Waals surface area (Å²) in [5, 5.41) is 8.96. The topological polar surface area (TPSA) is 42.2 Å². The third-order valence-electron chi connectivity index (χ3n) is 2.52. The van der Waals surface area contributed by atoms with Gasteiger partial charge in [-0.15, -0.1) is 0 Å². The molecule has 0 radical (unpaired) electrons. The van der Waals surface area contributed by atoms with Crippen LogP contribution in [0.1, 0.15) is 21.6 Å². The number of hydrogen-bond donors (Lipinski definition) is 1. The van der Waals surface area contributed by atoms with E-state index in [2.05, 4.69) is 0 Å². The Bertz CT molecular complexity index is 497. The molecule has 0 saturated carbocycles. The third-order valence-corrected chi connectivity index (χ3v) is 2.52. The van der Waals surface area contributed by atoms with Crippen molar-refractivity contribution in [3.8, 4) is 0 Å². The summed E-state index contributed by atoms with van der Waals surface area (Å²) in [6.07, 6.45) is 1.78. The minimum atomic E-state index is -0.892. The van der Waals surface area contributed by atoms with Gasteiger partial charge in [0.25, 0.3) is 0 Å². The van der Waals surface area contributed by atoms with Gasteiger partial charge < -0.3 is 9.67 Å². The molecular formula is C13H13NO2. The maximum absolute atomic E-state index is 10.9. The lowest BCUT2D eigenvalue weighted by Crippen LogP contribution is -2.08. The van der Waals surface area contributed by atoms with E-state index in [1.165, 1.54) is 5.56 Å². The van der Waals surface area contributed by atoms with Crippen LogP contribution in [0.2, 0.25) is 0 Å². The molecule has 0 amide bonds. The van der Waals surface area contributed by atoms with Gasteiger partial charge in [-0.1, -0.05) is 29.8 Å². The maximum atomic E-state index is 10.9. The summed E-state index contributed by atoms with van der Waals surface area (Å²) < 4.78 is 1.73. The lowest BCUT2D eigenvalue weighted by atomic mass is 10.1. The fourth-order valence-corrected chi connectivity index (χ4v) is 1.64. The van der Waals surface area contributed by atoms with E-state index in [4.69, 9.17) is 5.11 Å². The van der Waals surface area contributed by atoms with E-state index in [0.717, 1.165) is 5.56 Å². The van der Waals surface area contributed by atoms with Crippen LogP contribution in [0.5, 0.6) is 0 Å². The molecular weight excluding hydrogens is 202 g/mol. The van der Waals surface area contributed by atoms with Crippen LogP contribution in [0.15, 0.2) is 42.6 Å². The molecule has 1 aromatic carbocycles. The largest absolute Gasteiger partial charge is 0.477 e. The van der Waals surface area contributed by atoms with Crippen molar-refractivity contribution in [2.24, 2.45) is 0 Å². The number of carboxylic acid groups (broad SMARTS) is 1. The van der Waals surface area contributed by atoms with Crippen molar-refractivity contribution in [1.29, 1.82) is 0 Å². The zero-order valence-electron chi connectivity index (χ0n) is 9.05. The molecule has 1 heterocycles. The smallest absolute Gasteiger partial charge is 0.352 e. The lowest BCUT2D eigenvalue weighted by Gasteiger charge is -2.06. The average Bonchev–Trinajstić information content (AvgIpc) is 2.69. The van der Waals surface area contributed by atoms with Crippen molar-refractivity contribution >= 4 is 5.97 Å². The van der Waals surface area contributed by atoms with Crippen LogP contribution in [0.3, 0.4) is 0 Å². The van der Waals surface area contributed by atoms with Crippen molar-refractivity contribution in [3.63, 3.8) is 0 Å². The van der Waals surface area contributed by atoms with Crippen molar-refractivity contribution < 1.29 is 9.90 Å². The number of aromatic nitrogens is 1. The van der Waals surface area contributed by atoms with E-state index < -0.39 is 5.97 Å². The van der Waals surface area contributed by atoms with Gasteiger partial charge in [-0.3, -0.25) is 0 Å². The summed E-state index contributed by atoms with van der Waals surface area (Å²) >= 11 is 0. The molecule has 0 atom stereocenters. The Hall–Kier alpha value is -2.03. The van der Waals surface area contributed by atoms with E-state index in [9.17, 15) is 4.79 Å². The highest BCUT2D eigenvalue weighted by Gasteiger charge is 2.08. The molecule has 2 rings (SSSR count). The fraction of sp³-hybridized carbons (Fsp3) is 0.154. The van der Waals surface area contributed by atoms with Gasteiger partial charge >= 0.3 is 5.97 Å². The van der Waals surface area contributed by atoms with Gasteiger partial charge in [-0.25, -0.2) is 4.79 Å². The Morgan fingerprint density at radius 3 is 2.56 bits per heavy atom. The summed E-state index contributed by atoms with van der Waals surface area (Å²) in [7, 11) is 0. The monoisotopic (exact) mass is 215 g/mol. The first-order valence-corrected chi connectivity index (χ1v) is 5.11. The predicted octanol–water partition coefficient (Wildman–Crippen LogP) is 2.54. The van der Waals surface area contributed by atoms with Gasteiger partial charge in [0.2, 0.25) is 0 Å². The molecule has 16 heavy (non-hydrogen) atoms. The molecule has 0 aliphatic rings. The molecule has 82 valence electrons. The van der Waals surface area contributed by atoms with Crippen LogP contribution in [0.25, 0.3) is 0 Å². The first-order chi connectivity index (χ1) is 7.66. The second kappa shape index (κ2) is 4.23. The van der Waals surface area contributed by atoms with Gasteiger partial charge in [0.1, 0.15) is 5.69 Å². The molecule has 2 aromatic rings. The Morgan fingerprint density at radius 2 is 1.94 bits per heavy atom. The minimum Gasteiger partial charge on any atom is -0.477 e. The Labute approximate surface area is 94.0 Å². The summed E-state index contributed by atoms with van der Waals surface area (Å²) in [6, 6.07) is 11.4. The first kappa shape index (κ1) is 10.5. The van der Waals surface area contributed by atoms with Crippen molar-refractivity contribution in [2.45, 2.75) is 13.5 Å². The molecule has 0 unspecified atom stereocenters. The molecule has 1 aromatic heterocycles. The molecule has 0 fully saturated rings. The number of nitrogens with zero attached hydrogens (tertiary/aromatic N) is 1. The molecule has 3 nitrogen and oxygen atoms in total. The molecule has 0 aliphatic carbocycles. The number of aryl methyl sites for hydroxylation is 1. The van der Waals surface area contributed by atoms with Gasteiger partial charge in [0.05, 0.1) is 0 Å². The van der Waals surface area contributed by atoms with Gasteiger partial charge in [0.15, 0.2) is 0 Å². The van der Waals surface area contributed by atoms with E-state index in [1.807, 2.05) is 31.2 Å². The summed E-state index contributed by atoms with van der Waals surface area (Å²) in [4.78, 5) is 10.9. The average molecular weight is 215 g/mol. The fourth-order valence-electron chi connectivity index (χ4n) is 1.64. The van der Waals surface area contributed by atoms with Crippen molar-refractivity contribution in [2.75, 3.05) is 0 Å². The molecule has 0 aliphatic heterocycles. The number of aromatic carboxylic acids is 1. The van der Waals surface area contributed by atoms with Crippen LogP contribution in [0.4, 0.5) is 0 Å². The maximum Gasteiger partial charge on any atom is 0.352 e. The Kier molecular flexibility index (Phi) is 2.77. The Morgan fingerprint density at radius 1 is 1.25 bits per heavy atom. The number of hydrogen-bond acceptors (Lipinski definition) is 1. The number of rotatable bonds is 3. The first-order valence-electron chi connectivity index (χ1n) is 5.11. The second-order valence-electron chi connectivity index (χ2n) is 3.81. The van der Waals surface area contributed by atoms with Crippen LogP contribution in [0, 0.1) is 6.92 Å². The van der Waals surface area contributed by atoms with E-state index in [-0.39, 0.29) is 0 Å². The summed E-state index contributed by atoms with van der Waals surface area (Å²) in [5.41, 5.74) is 2.62. The summed E-state index contributed by atoms with van der Waals surface area (Å²) in [5.74, 6) is -0.892. The van der Waals surface area contributed by atoms with Crippen LogP contribution < -0.4 is 0 Å².